The predicted molar refractivity (Wildman–Crippen MR) is 78.1 cm³/mol. The highest BCUT2D eigenvalue weighted by Crippen LogP contribution is 2.14. The van der Waals surface area contributed by atoms with Crippen LogP contribution >= 0.6 is 0 Å². The Labute approximate surface area is 113 Å². The van der Waals surface area contributed by atoms with Crippen LogP contribution in [0.3, 0.4) is 0 Å². The Balaban J connectivity index is 2.36. The fourth-order valence-corrected chi connectivity index (χ4v) is 2.71. The van der Waals surface area contributed by atoms with Crippen molar-refractivity contribution in [3.05, 3.63) is 0 Å². The first-order valence-electron chi connectivity index (χ1n) is 7.76. The fraction of sp³-hybridized carbons (Fsp3) is 1.00. The van der Waals surface area contributed by atoms with E-state index in [1.807, 2.05) is 0 Å². The SMILES string of the molecule is CCCNC(C)CC(C)N1CCCOC(CC)C1. The topological polar surface area (TPSA) is 24.5 Å². The molecule has 1 N–H and O–H groups in total. The monoisotopic (exact) mass is 256 g/mol. The van der Waals surface area contributed by atoms with E-state index in [4.69, 9.17) is 4.74 Å². The van der Waals surface area contributed by atoms with Crippen molar-refractivity contribution in [1.82, 2.24) is 10.2 Å². The molecule has 3 nitrogen and oxygen atoms in total. The first-order valence-corrected chi connectivity index (χ1v) is 7.76. The standard InChI is InChI=1S/C15H32N2O/c1-5-8-16-13(3)11-14(4)17-9-7-10-18-15(6-2)12-17/h13-16H,5-12H2,1-4H3. The zero-order valence-electron chi connectivity index (χ0n) is 12.7. The minimum absolute atomic E-state index is 0.439. The van der Waals surface area contributed by atoms with Gasteiger partial charge in [0, 0.05) is 31.8 Å². The first-order chi connectivity index (χ1) is 8.67. The number of rotatable bonds is 7. The van der Waals surface area contributed by atoms with Gasteiger partial charge in [-0.15, -0.1) is 0 Å². The van der Waals surface area contributed by atoms with E-state index >= 15 is 0 Å². The van der Waals surface area contributed by atoms with Crippen molar-refractivity contribution >= 4 is 0 Å². The highest BCUT2D eigenvalue weighted by Gasteiger charge is 2.22. The first kappa shape index (κ1) is 15.9. The van der Waals surface area contributed by atoms with Crippen LogP contribution in [0, 0.1) is 0 Å². The van der Waals surface area contributed by atoms with E-state index in [1.54, 1.807) is 0 Å². The molecular formula is C15H32N2O. The van der Waals surface area contributed by atoms with Crippen molar-refractivity contribution in [2.24, 2.45) is 0 Å². The molecule has 0 aliphatic carbocycles. The van der Waals surface area contributed by atoms with Crippen molar-refractivity contribution in [3.63, 3.8) is 0 Å². The summed E-state index contributed by atoms with van der Waals surface area (Å²) in [5, 5.41) is 3.59. The number of ether oxygens (including phenoxy) is 1. The van der Waals surface area contributed by atoms with Crippen molar-refractivity contribution in [1.29, 1.82) is 0 Å². The van der Waals surface area contributed by atoms with Crippen LogP contribution in [0.1, 0.15) is 53.4 Å². The fourth-order valence-electron chi connectivity index (χ4n) is 2.71. The lowest BCUT2D eigenvalue weighted by molar-refractivity contribution is 0.0453. The molecule has 0 aromatic rings. The van der Waals surface area contributed by atoms with Crippen LogP contribution in [0.4, 0.5) is 0 Å². The maximum absolute atomic E-state index is 5.85. The third kappa shape index (κ3) is 5.68. The molecule has 108 valence electrons. The van der Waals surface area contributed by atoms with Crippen molar-refractivity contribution in [3.8, 4) is 0 Å². The number of hydrogen-bond donors (Lipinski definition) is 1. The summed E-state index contributed by atoms with van der Waals surface area (Å²) in [6.07, 6.45) is 5.20. The molecule has 1 aliphatic heterocycles. The normalized spacial score (nSPS) is 25.7. The van der Waals surface area contributed by atoms with Crippen LogP contribution in [-0.4, -0.2) is 49.3 Å². The molecule has 1 saturated heterocycles. The Hall–Kier alpha value is -0.120. The Morgan fingerprint density at radius 3 is 2.78 bits per heavy atom. The van der Waals surface area contributed by atoms with E-state index in [0.29, 0.717) is 18.2 Å². The van der Waals surface area contributed by atoms with Gasteiger partial charge >= 0.3 is 0 Å². The average Bonchev–Trinajstić information content (AvgIpc) is 2.61. The van der Waals surface area contributed by atoms with Crippen molar-refractivity contribution in [2.45, 2.75) is 71.6 Å². The van der Waals surface area contributed by atoms with Gasteiger partial charge in [-0.2, -0.15) is 0 Å². The second kappa shape index (κ2) is 8.89. The van der Waals surface area contributed by atoms with Gasteiger partial charge in [0.1, 0.15) is 0 Å². The van der Waals surface area contributed by atoms with Gasteiger partial charge in [-0.05, 0) is 46.1 Å². The summed E-state index contributed by atoms with van der Waals surface area (Å²) in [4.78, 5) is 2.62. The van der Waals surface area contributed by atoms with Gasteiger partial charge in [0.15, 0.2) is 0 Å². The molecule has 0 bridgehead atoms. The van der Waals surface area contributed by atoms with Gasteiger partial charge in [-0.3, -0.25) is 4.90 Å². The lowest BCUT2D eigenvalue weighted by atomic mass is 10.1. The zero-order valence-corrected chi connectivity index (χ0v) is 12.7. The van der Waals surface area contributed by atoms with Crippen LogP contribution in [0.25, 0.3) is 0 Å². The summed E-state index contributed by atoms with van der Waals surface area (Å²) in [5.41, 5.74) is 0. The number of nitrogens with zero attached hydrogens (tertiary/aromatic N) is 1. The van der Waals surface area contributed by atoms with Gasteiger partial charge in [0.05, 0.1) is 6.10 Å². The van der Waals surface area contributed by atoms with E-state index in [1.165, 1.54) is 25.8 Å². The third-order valence-corrected chi connectivity index (χ3v) is 3.90. The minimum Gasteiger partial charge on any atom is -0.377 e. The molecule has 1 rings (SSSR count). The van der Waals surface area contributed by atoms with Crippen LogP contribution in [0.15, 0.2) is 0 Å². The Morgan fingerprint density at radius 1 is 1.33 bits per heavy atom. The Kier molecular flexibility index (Phi) is 7.87. The molecule has 0 aromatic carbocycles. The summed E-state index contributed by atoms with van der Waals surface area (Å²) in [7, 11) is 0. The largest absolute Gasteiger partial charge is 0.377 e. The zero-order chi connectivity index (χ0) is 13.4. The molecule has 0 aromatic heterocycles. The lowest BCUT2D eigenvalue weighted by Crippen LogP contribution is -2.42. The highest BCUT2D eigenvalue weighted by atomic mass is 16.5. The van der Waals surface area contributed by atoms with E-state index in [-0.39, 0.29) is 0 Å². The molecule has 0 saturated carbocycles. The molecule has 0 radical (unpaired) electrons. The molecular weight excluding hydrogens is 224 g/mol. The molecule has 18 heavy (non-hydrogen) atoms. The van der Waals surface area contributed by atoms with Crippen molar-refractivity contribution in [2.75, 3.05) is 26.2 Å². The molecule has 1 heterocycles. The van der Waals surface area contributed by atoms with E-state index < -0.39 is 0 Å². The molecule has 1 aliphatic rings. The minimum atomic E-state index is 0.439. The van der Waals surface area contributed by atoms with Crippen LogP contribution in [0.5, 0.6) is 0 Å². The quantitative estimate of drug-likeness (QED) is 0.758. The van der Waals surface area contributed by atoms with Crippen LogP contribution in [0.2, 0.25) is 0 Å². The molecule has 0 spiro atoms. The maximum atomic E-state index is 5.85. The Bertz CT molecular complexity index is 211. The van der Waals surface area contributed by atoms with Gasteiger partial charge < -0.3 is 10.1 Å². The predicted octanol–water partition coefficient (Wildman–Crippen LogP) is 2.65. The third-order valence-electron chi connectivity index (χ3n) is 3.90. The maximum Gasteiger partial charge on any atom is 0.0699 e. The Morgan fingerprint density at radius 2 is 2.11 bits per heavy atom. The van der Waals surface area contributed by atoms with Crippen LogP contribution < -0.4 is 5.32 Å². The summed E-state index contributed by atoms with van der Waals surface area (Å²) in [6, 6.07) is 1.27. The smallest absolute Gasteiger partial charge is 0.0699 e. The summed E-state index contributed by atoms with van der Waals surface area (Å²) >= 11 is 0. The van der Waals surface area contributed by atoms with E-state index in [9.17, 15) is 0 Å². The van der Waals surface area contributed by atoms with Gasteiger partial charge in [-0.25, -0.2) is 0 Å². The van der Waals surface area contributed by atoms with E-state index in [2.05, 4.69) is 37.9 Å². The van der Waals surface area contributed by atoms with Crippen molar-refractivity contribution < 1.29 is 4.74 Å². The molecule has 0 amide bonds. The molecule has 3 heteroatoms. The second-order valence-electron chi connectivity index (χ2n) is 5.69. The average molecular weight is 256 g/mol. The molecule has 1 fully saturated rings. The number of hydrogen-bond acceptors (Lipinski definition) is 3. The lowest BCUT2D eigenvalue weighted by Gasteiger charge is -2.31. The summed E-state index contributed by atoms with van der Waals surface area (Å²) in [6.45, 7) is 13.5. The van der Waals surface area contributed by atoms with Crippen LogP contribution in [-0.2, 0) is 4.74 Å². The second-order valence-corrected chi connectivity index (χ2v) is 5.69. The van der Waals surface area contributed by atoms with Gasteiger partial charge in [-0.1, -0.05) is 13.8 Å². The molecule has 3 atom stereocenters. The summed E-state index contributed by atoms with van der Waals surface area (Å²) in [5.74, 6) is 0. The van der Waals surface area contributed by atoms with E-state index in [0.717, 1.165) is 26.1 Å². The molecule has 3 unspecified atom stereocenters. The number of nitrogens with one attached hydrogen (secondary N) is 1. The highest BCUT2D eigenvalue weighted by molar-refractivity contribution is 4.77. The van der Waals surface area contributed by atoms with Gasteiger partial charge in [0.2, 0.25) is 0 Å². The van der Waals surface area contributed by atoms with Gasteiger partial charge in [0.25, 0.3) is 0 Å². The summed E-state index contributed by atoms with van der Waals surface area (Å²) < 4.78 is 5.85.